The molecule has 1 atom stereocenters. The van der Waals surface area contributed by atoms with E-state index in [0.29, 0.717) is 23.8 Å². The van der Waals surface area contributed by atoms with Gasteiger partial charge in [0.05, 0.1) is 19.3 Å². The van der Waals surface area contributed by atoms with E-state index in [0.717, 1.165) is 45.3 Å². The van der Waals surface area contributed by atoms with Crippen LogP contribution in [0.1, 0.15) is 58.8 Å². The molecule has 32 heavy (non-hydrogen) atoms. The number of nitrogens with zero attached hydrogens (tertiary/aromatic N) is 1. The Morgan fingerprint density at radius 2 is 1.94 bits per heavy atom. The van der Waals surface area contributed by atoms with Gasteiger partial charge in [-0.05, 0) is 83.9 Å². The van der Waals surface area contributed by atoms with Crippen molar-refractivity contribution < 1.29 is 13.9 Å². The molecule has 1 unspecified atom stereocenters. The molecule has 0 N–H and O–H groups in total. The van der Waals surface area contributed by atoms with Crippen LogP contribution in [0.15, 0.2) is 48.5 Å². The zero-order valence-corrected chi connectivity index (χ0v) is 19.3. The second-order valence-corrected chi connectivity index (χ2v) is 9.22. The van der Waals surface area contributed by atoms with Gasteiger partial charge in [0.2, 0.25) is 0 Å². The Kier molecular flexibility index (Phi) is 7.41. The van der Waals surface area contributed by atoms with E-state index in [1.165, 1.54) is 34.9 Å². The van der Waals surface area contributed by atoms with Crippen molar-refractivity contribution in [3.8, 4) is 0 Å². The number of alkyl halides is 1. The minimum atomic E-state index is -0.279. The van der Waals surface area contributed by atoms with Crippen molar-refractivity contribution in [2.45, 2.75) is 39.0 Å². The van der Waals surface area contributed by atoms with E-state index in [-0.39, 0.29) is 12.6 Å². The van der Waals surface area contributed by atoms with E-state index in [9.17, 15) is 9.18 Å². The first-order valence-corrected chi connectivity index (χ1v) is 11.9. The SMILES string of the molecule is CCC1C=C(c2ccc(CC3CN(CCCF)C3)cc2)c2ccc(C(=O)OC)cc2CC1. The number of carbonyl (C=O) groups excluding carboxylic acids is 1. The molecule has 0 bridgehead atoms. The van der Waals surface area contributed by atoms with Gasteiger partial charge < -0.3 is 9.64 Å². The van der Waals surface area contributed by atoms with Crippen LogP contribution in [0, 0.1) is 11.8 Å². The van der Waals surface area contributed by atoms with Gasteiger partial charge in [-0.15, -0.1) is 0 Å². The average molecular weight is 436 g/mol. The van der Waals surface area contributed by atoms with E-state index in [1.807, 2.05) is 12.1 Å². The van der Waals surface area contributed by atoms with Crippen molar-refractivity contribution >= 4 is 11.5 Å². The van der Waals surface area contributed by atoms with Crippen molar-refractivity contribution in [3.63, 3.8) is 0 Å². The highest BCUT2D eigenvalue weighted by molar-refractivity contribution is 5.91. The quantitative estimate of drug-likeness (QED) is 0.497. The number of esters is 1. The second-order valence-electron chi connectivity index (χ2n) is 9.22. The number of hydrogen-bond donors (Lipinski definition) is 0. The van der Waals surface area contributed by atoms with E-state index in [1.54, 1.807) is 0 Å². The normalized spacial score (nSPS) is 19.0. The summed E-state index contributed by atoms with van der Waals surface area (Å²) in [5, 5.41) is 0. The third kappa shape index (κ3) is 5.12. The van der Waals surface area contributed by atoms with Gasteiger partial charge in [-0.25, -0.2) is 4.79 Å². The van der Waals surface area contributed by atoms with Gasteiger partial charge in [-0.1, -0.05) is 43.3 Å². The van der Waals surface area contributed by atoms with Crippen LogP contribution in [-0.4, -0.2) is 44.3 Å². The molecule has 170 valence electrons. The number of fused-ring (bicyclic) bond motifs is 1. The third-order valence-electron chi connectivity index (χ3n) is 6.96. The standard InChI is InChI=1S/C28H34FNO2/c1-3-20-5-10-24-17-25(28(31)32-2)11-12-26(24)27(16-20)23-8-6-21(7-9-23)15-22-18-30(19-22)14-4-13-29/h6-9,11-12,16-17,20,22H,3-5,10,13-15,18-19H2,1-2H3. The third-order valence-corrected chi connectivity index (χ3v) is 6.96. The lowest BCUT2D eigenvalue weighted by Crippen LogP contribution is -2.47. The molecular weight excluding hydrogens is 401 g/mol. The molecule has 2 aromatic carbocycles. The minimum absolute atomic E-state index is 0.218. The van der Waals surface area contributed by atoms with Gasteiger partial charge in [0.15, 0.2) is 0 Å². The topological polar surface area (TPSA) is 29.5 Å². The monoisotopic (exact) mass is 435 g/mol. The zero-order valence-electron chi connectivity index (χ0n) is 19.3. The molecule has 0 aromatic heterocycles. The molecule has 4 rings (SSSR count). The fraction of sp³-hybridized carbons (Fsp3) is 0.464. The lowest BCUT2D eigenvalue weighted by Gasteiger charge is -2.39. The summed E-state index contributed by atoms with van der Waals surface area (Å²) in [6, 6.07) is 15.0. The summed E-state index contributed by atoms with van der Waals surface area (Å²) in [7, 11) is 1.43. The summed E-state index contributed by atoms with van der Waals surface area (Å²) < 4.78 is 17.3. The predicted octanol–water partition coefficient (Wildman–Crippen LogP) is 5.71. The molecule has 1 aliphatic carbocycles. The van der Waals surface area contributed by atoms with Crippen LogP contribution in [0.5, 0.6) is 0 Å². The maximum Gasteiger partial charge on any atom is 0.337 e. The number of carbonyl (C=O) groups is 1. The lowest BCUT2D eigenvalue weighted by molar-refractivity contribution is 0.0600. The van der Waals surface area contributed by atoms with Crippen LogP contribution in [-0.2, 0) is 17.6 Å². The van der Waals surface area contributed by atoms with Gasteiger partial charge in [0.25, 0.3) is 0 Å². The van der Waals surface area contributed by atoms with E-state index < -0.39 is 0 Å². The number of benzene rings is 2. The highest BCUT2D eigenvalue weighted by Gasteiger charge is 2.26. The Bertz CT molecular complexity index is 960. The number of ether oxygens (including phenoxy) is 1. The van der Waals surface area contributed by atoms with Crippen molar-refractivity contribution in [2.24, 2.45) is 11.8 Å². The van der Waals surface area contributed by atoms with Crippen LogP contribution >= 0.6 is 0 Å². The summed E-state index contributed by atoms with van der Waals surface area (Å²) in [4.78, 5) is 14.4. The largest absolute Gasteiger partial charge is 0.465 e. The number of hydrogen-bond acceptors (Lipinski definition) is 3. The second kappa shape index (κ2) is 10.4. The molecule has 1 saturated heterocycles. The number of rotatable bonds is 8. The number of methoxy groups -OCH3 is 1. The molecule has 2 aromatic rings. The first kappa shape index (κ1) is 22.7. The summed E-state index contributed by atoms with van der Waals surface area (Å²) in [5.41, 5.74) is 6.95. The Hall–Kier alpha value is -2.46. The maximum absolute atomic E-state index is 12.3. The van der Waals surface area contributed by atoms with Crippen molar-refractivity contribution in [1.82, 2.24) is 4.90 Å². The van der Waals surface area contributed by atoms with Crippen molar-refractivity contribution in [1.29, 1.82) is 0 Å². The van der Waals surface area contributed by atoms with Gasteiger partial charge >= 0.3 is 5.97 Å². The molecule has 3 nitrogen and oxygen atoms in total. The molecule has 0 saturated carbocycles. The molecule has 0 amide bonds. The van der Waals surface area contributed by atoms with Crippen molar-refractivity contribution in [2.75, 3.05) is 33.4 Å². The molecule has 2 aliphatic rings. The molecule has 0 radical (unpaired) electrons. The highest BCUT2D eigenvalue weighted by Crippen LogP contribution is 2.35. The smallest absolute Gasteiger partial charge is 0.337 e. The molecule has 1 aliphatic heterocycles. The van der Waals surface area contributed by atoms with Gasteiger partial charge in [0, 0.05) is 19.6 Å². The fourth-order valence-electron chi connectivity index (χ4n) is 5.06. The van der Waals surface area contributed by atoms with Gasteiger partial charge in [-0.3, -0.25) is 4.39 Å². The fourth-order valence-corrected chi connectivity index (χ4v) is 5.06. The number of halogens is 1. The summed E-state index contributed by atoms with van der Waals surface area (Å²) >= 11 is 0. The minimum Gasteiger partial charge on any atom is -0.465 e. The van der Waals surface area contributed by atoms with E-state index in [2.05, 4.69) is 48.2 Å². The van der Waals surface area contributed by atoms with Crippen molar-refractivity contribution in [3.05, 3.63) is 76.4 Å². The molecule has 1 fully saturated rings. The Labute approximate surface area is 191 Å². The highest BCUT2D eigenvalue weighted by atomic mass is 19.1. The molecule has 4 heteroatoms. The Morgan fingerprint density at radius 3 is 2.62 bits per heavy atom. The summed E-state index contributed by atoms with van der Waals surface area (Å²) in [6.07, 6.45) is 7.33. The van der Waals surface area contributed by atoms with Crippen LogP contribution in [0.4, 0.5) is 4.39 Å². The maximum atomic E-state index is 12.3. The summed E-state index contributed by atoms with van der Waals surface area (Å²) in [6.45, 7) is 5.08. The molecular formula is C28H34FNO2. The van der Waals surface area contributed by atoms with Gasteiger partial charge in [-0.2, -0.15) is 0 Å². The van der Waals surface area contributed by atoms with Crippen LogP contribution in [0.25, 0.3) is 5.57 Å². The molecule has 0 spiro atoms. The van der Waals surface area contributed by atoms with Crippen LogP contribution in [0.3, 0.4) is 0 Å². The molecule has 1 heterocycles. The Balaban J connectivity index is 1.51. The number of aryl methyl sites for hydroxylation is 1. The zero-order chi connectivity index (χ0) is 22.5. The lowest BCUT2D eigenvalue weighted by atomic mass is 9.89. The Morgan fingerprint density at radius 1 is 1.16 bits per heavy atom. The summed E-state index contributed by atoms with van der Waals surface area (Å²) in [5.74, 6) is 0.932. The average Bonchev–Trinajstić information content (AvgIpc) is 2.99. The first-order chi connectivity index (χ1) is 15.6. The van der Waals surface area contributed by atoms with Gasteiger partial charge in [0.1, 0.15) is 0 Å². The number of allylic oxidation sites excluding steroid dienone is 1. The predicted molar refractivity (Wildman–Crippen MR) is 128 cm³/mol. The van der Waals surface area contributed by atoms with E-state index in [4.69, 9.17) is 4.74 Å². The van der Waals surface area contributed by atoms with E-state index >= 15 is 0 Å². The van der Waals surface area contributed by atoms with Crippen LogP contribution < -0.4 is 0 Å². The first-order valence-electron chi connectivity index (χ1n) is 11.9. The number of likely N-dealkylation sites (tertiary alicyclic amines) is 1. The van der Waals surface area contributed by atoms with Crippen LogP contribution in [0.2, 0.25) is 0 Å².